The van der Waals surface area contributed by atoms with Gasteiger partial charge in [-0.05, 0) is 48.6 Å². The van der Waals surface area contributed by atoms with E-state index in [4.69, 9.17) is 11.6 Å². The first-order valence-electron chi connectivity index (χ1n) is 5.75. The molecule has 1 aliphatic carbocycles. The van der Waals surface area contributed by atoms with Gasteiger partial charge in [0.05, 0.1) is 0 Å². The van der Waals surface area contributed by atoms with Gasteiger partial charge < -0.3 is 5.32 Å². The summed E-state index contributed by atoms with van der Waals surface area (Å²) in [4.78, 5) is 0. The molecule has 0 amide bonds. The number of hydrogen-bond acceptors (Lipinski definition) is 1. The monoisotopic (exact) mass is 241 g/mol. The summed E-state index contributed by atoms with van der Waals surface area (Å²) in [6.45, 7) is 5.28. The zero-order valence-corrected chi connectivity index (χ0v) is 10.4. The molecule has 0 saturated heterocycles. The predicted molar refractivity (Wildman–Crippen MR) is 65.4 cm³/mol. The average molecular weight is 242 g/mol. The summed E-state index contributed by atoms with van der Waals surface area (Å²) in [6.07, 6.45) is 1.14. The molecule has 0 heterocycles. The second kappa shape index (κ2) is 4.72. The summed E-state index contributed by atoms with van der Waals surface area (Å²) in [5.41, 5.74) is 1.04. The molecule has 2 rings (SSSR count). The zero-order valence-electron chi connectivity index (χ0n) is 9.63. The van der Waals surface area contributed by atoms with Crippen LogP contribution in [0.3, 0.4) is 0 Å². The van der Waals surface area contributed by atoms with Crippen molar-refractivity contribution >= 4 is 11.6 Å². The molecular formula is C13H17ClFN. The van der Waals surface area contributed by atoms with Crippen LogP contribution >= 0.6 is 11.6 Å². The van der Waals surface area contributed by atoms with E-state index in [0.717, 1.165) is 18.5 Å². The van der Waals surface area contributed by atoms with Crippen LogP contribution in [0.2, 0.25) is 5.02 Å². The van der Waals surface area contributed by atoms with E-state index in [-0.39, 0.29) is 5.82 Å². The first-order valence-corrected chi connectivity index (χ1v) is 6.13. The number of nitrogens with one attached hydrogen (secondary N) is 1. The second-order valence-electron chi connectivity index (χ2n) is 4.87. The maximum atomic E-state index is 13.2. The topological polar surface area (TPSA) is 12.0 Å². The number of rotatable bonds is 4. The van der Waals surface area contributed by atoms with Gasteiger partial charge in [0.2, 0.25) is 0 Å². The Morgan fingerprint density at radius 2 is 2.19 bits per heavy atom. The Labute approximate surface area is 101 Å². The van der Waals surface area contributed by atoms with Gasteiger partial charge in [0, 0.05) is 11.1 Å². The van der Waals surface area contributed by atoms with Crippen molar-refractivity contribution in [2.75, 3.05) is 6.54 Å². The van der Waals surface area contributed by atoms with Crippen molar-refractivity contribution in [3.05, 3.63) is 34.6 Å². The smallest absolute Gasteiger partial charge is 0.124 e. The lowest BCUT2D eigenvalue weighted by atomic mass is 10.1. The summed E-state index contributed by atoms with van der Waals surface area (Å²) >= 11 is 5.84. The molecule has 1 aliphatic rings. The fourth-order valence-corrected chi connectivity index (χ4v) is 2.29. The average Bonchev–Trinajstić information content (AvgIpc) is 2.92. The lowest BCUT2D eigenvalue weighted by molar-refractivity contribution is 0.554. The Bertz CT molecular complexity index is 358. The van der Waals surface area contributed by atoms with Crippen molar-refractivity contribution in [2.45, 2.75) is 32.2 Å². The van der Waals surface area contributed by atoms with Gasteiger partial charge in [-0.2, -0.15) is 0 Å². The molecule has 0 bridgehead atoms. The summed E-state index contributed by atoms with van der Waals surface area (Å²) in [5.74, 6) is 0.893. The molecule has 0 aliphatic heterocycles. The van der Waals surface area contributed by atoms with Crippen molar-refractivity contribution in [1.29, 1.82) is 0 Å². The molecule has 0 aromatic heterocycles. The van der Waals surface area contributed by atoms with E-state index in [0.29, 0.717) is 22.9 Å². The van der Waals surface area contributed by atoms with E-state index in [1.807, 2.05) is 6.07 Å². The number of benzene rings is 1. The number of hydrogen-bond donors (Lipinski definition) is 1. The SMILES string of the molecule is CC(C)NCC1CC1c1cc(F)cc(Cl)c1. The Morgan fingerprint density at radius 3 is 2.81 bits per heavy atom. The Kier molecular flexibility index (Phi) is 3.50. The second-order valence-corrected chi connectivity index (χ2v) is 5.30. The van der Waals surface area contributed by atoms with Crippen LogP contribution in [-0.2, 0) is 0 Å². The van der Waals surface area contributed by atoms with Crippen LogP contribution in [0.4, 0.5) is 4.39 Å². The van der Waals surface area contributed by atoms with E-state index in [1.54, 1.807) is 6.07 Å². The molecule has 1 aromatic carbocycles. The van der Waals surface area contributed by atoms with Crippen LogP contribution in [0.5, 0.6) is 0 Å². The minimum atomic E-state index is -0.232. The van der Waals surface area contributed by atoms with Crippen LogP contribution in [0, 0.1) is 11.7 Å². The predicted octanol–water partition coefficient (Wildman–Crippen LogP) is 3.58. The van der Waals surface area contributed by atoms with E-state index in [2.05, 4.69) is 19.2 Å². The zero-order chi connectivity index (χ0) is 11.7. The van der Waals surface area contributed by atoms with Gasteiger partial charge in [0.25, 0.3) is 0 Å². The fraction of sp³-hybridized carbons (Fsp3) is 0.538. The lowest BCUT2D eigenvalue weighted by Crippen LogP contribution is -2.25. The molecule has 1 aromatic rings. The van der Waals surface area contributed by atoms with Crippen LogP contribution in [0.15, 0.2) is 18.2 Å². The Balaban J connectivity index is 1.95. The van der Waals surface area contributed by atoms with E-state index in [9.17, 15) is 4.39 Å². The molecular weight excluding hydrogens is 225 g/mol. The van der Waals surface area contributed by atoms with Gasteiger partial charge in [-0.25, -0.2) is 4.39 Å². The quantitative estimate of drug-likeness (QED) is 0.850. The molecule has 1 N–H and O–H groups in total. The highest BCUT2D eigenvalue weighted by molar-refractivity contribution is 6.30. The van der Waals surface area contributed by atoms with Crippen molar-refractivity contribution in [2.24, 2.45) is 5.92 Å². The molecule has 2 unspecified atom stereocenters. The van der Waals surface area contributed by atoms with E-state index >= 15 is 0 Å². The lowest BCUT2D eigenvalue weighted by Gasteiger charge is -2.07. The summed E-state index contributed by atoms with van der Waals surface area (Å²) < 4.78 is 13.2. The first kappa shape index (κ1) is 11.9. The highest BCUT2D eigenvalue weighted by Gasteiger charge is 2.38. The van der Waals surface area contributed by atoms with Crippen LogP contribution in [-0.4, -0.2) is 12.6 Å². The van der Waals surface area contributed by atoms with Crippen molar-refractivity contribution in [3.63, 3.8) is 0 Å². The molecule has 16 heavy (non-hydrogen) atoms. The van der Waals surface area contributed by atoms with Crippen LogP contribution in [0.25, 0.3) is 0 Å². The van der Waals surface area contributed by atoms with Gasteiger partial charge in [-0.15, -0.1) is 0 Å². The minimum Gasteiger partial charge on any atom is -0.314 e. The Morgan fingerprint density at radius 1 is 1.44 bits per heavy atom. The number of halogens is 2. The highest BCUT2D eigenvalue weighted by atomic mass is 35.5. The van der Waals surface area contributed by atoms with Gasteiger partial charge >= 0.3 is 0 Å². The third kappa shape index (κ3) is 2.96. The van der Waals surface area contributed by atoms with Gasteiger partial charge in [0.15, 0.2) is 0 Å². The molecule has 88 valence electrons. The molecule has 3 heteroatoms. The first-order chi connectivity index (χ1) is 7.56. The summed E-state index contributed by atoms with van der Waals surface area (Å²) in [6, 6.07) is 5.35. The third-order valence-corrected chi connectivity index (χ3v) is 3.24. The van der Waals surface area contributed by atoms with Gasteiger partial charge in [-0.3, -0.25) is 0 Å². The molecule has 0 spiro atoms. The summed E-state index contributed by atoms with van der Waals surface area (Å²) in [5, 5.41) is 3.91. The highest BCUT2D eigenvalue weighted by Crippen LogP contribution is 2.47. The van der Waals surface area contributed by atoms with Crippen molar-refractivity contribution in [1.82, 2.24) is 5.32 Å². The van der Waals surface area contributed by atoms with Gasteiger partial charge in [0.1, 0.15) is 5.82 Å². The van der Waals surface area contributed by atoms with Crippen molar-refractivity contribution in [3.8, 4) is 0 Å². The standard InChI is InChI=1S/C13H17ClFN/c1-8(2)16-7-10-5-13(10)9-3-11(14)6-12(15)4-9/h3-4,6,8,10,13,16H,5,7H2,1-2H3. The van der Waals surface area contributed by atoms with Gasteiger partial charge in [-0.1, -0.05) is 25.4 Å². The van der Waals surface area contributed by atoms with E-state index in [1.165, 1.54) is 6.07 Å². The van der Waals surface area contributed by atoms with Crippen LogP contribution in [0.1, 0.15) is 31.7 Å². The van der Waals surface area contributed by atoms with Crippen molar-refractivity contribution < 1.29 is 4.39 Å². The normalized spacial score (nSPS) is 23.8. The summed E-state index contributed by atoms with van der Waals surface area (Å²) in [7, 11) is 0. The Hall–Kier alpha value is -0.600. The molecule has 0 radical (unpaired) electrons. The molecule has 1 fully saturated rings. The molecule has 1 nitrogen and oxygen atoms in total. The maximum Gasteiger partial charge on any atom is 0.124 e. The molecule has 2 atom stereocenters. The van der Waals surface area contributed by atoms with Crippen LogP contribution < -0.4 is 5.32 Å². The fourth-order valence-electron chi connectivity index (χ4n) is 2.06. The molecule has 1 saturated carbocycles. The third-order valence-electron chi connectivity index (χ3n) is 3.02. The largest absolute Gasteiger partial charge is 0.314 e. The maximum absolute atomic E-state index is 13.2. The van der Waals surface area contributed by atoms with E-state index < -0.39 is 0 Å². The minimum absolute atomic E-state index is 0.232.